The highest BCUT2D eigenvalue weighted by Gasteiger charge is 2.45. The Hall–Kier alpha value is -1.01. The van der Waals surface area contributed by atoms with E-state index < -0.39 is 30.0 Å². The molecule has 0 aliphatic heterocycles. The summed E-state index contributed by atoms with van der Waals surface area (Å²) in [5.41, 5.74) is -3.03. The topological polar surface area (TPSA) is 40.5 Å². The molecular formula is C15H9Cl4F3O2. The smallest absolute Gasteiger partial charge is 0.254 e. The van der Waals surface area contributed by atoms with Gasteiger partial charge in [-0.1, -0.05) is 46.4 Å². The molecule has 0 radical (unpaired) electrons. The van der Waals surface area contributed by atoms with Crippen LogP contribution in [0, 0.1) is 0 Å². The molecule has 0 spiro atoms. The molecule has 0 saturated carbocycles. The molecule has 0 saturated heterocycles. The second-order valence-electron chi connectivity index (χ2n) is 4.98. The summed E-state index contributed by atoms with van der Waals surface area (Å²) in [6, 6.07) is 3.96. The van der Waals surface area contributed by atoms with Gasteiger partial charge >= 0.3 is 0 Å². The Morgan fingerprint density at radius 1 is 0.792 bits per heavy atom. The third-order valence-electron chi connectivity index (χ3n) is 3.65. The van der Waals surface area contributed by atoms with E-state index in [9.17, 15) is 23.4 Å². The van der Waals surface area contributed by atoms with Gasteiger partial charge in [-0.2, -0.15) is 0 Å². The van der Waals surface area contributed by atoms with Gasteiger partial charge in [0.05, 0.1) is 20.1 Å². The Morgan fingerprint density at radius 3 is 1.29 bits per heavy atom. The quantitative estimate of drug-likeness (QED) is 0.616. The number of halogens is 7. The SMILES string of the molecule is Oc1c(Cl)cc(C(CF)(c2cc(Cl)c(O)c(Cl)c2)C(F)F)cc1Cl. The molecule has 2 aromatic carbocycles. The molecule has 0 fully saturated rings. The van der Waals surface area contributed by atoms with Gasteiger partial charge in [0.15, 0.2) is 11.5 Å². The minimum atomic E-state index is -3.23. The van der Waals surface area contributed by atoms with E-state index in [2.05, 4.69) is 0 Å². The molecule has 0 aliphatic rings. The molecule has 24 heavy (non-hydrogen) atoms. The van der Waals surface area contributed by atoms with E-state index in [0.29, 0.717) is 0 Å². The van der Waals surface area contributed by atoms with Gasteiger partial charge < -0.3 is 10.2 Å². The highest BCUT2D eigenvalue weighted by molar-refractivity contribution is 6.37. The Labute approximate surface area is 155 Å². The molecule has 0 aliphatic carbocycles. The van der Waals surface area contributed by atoms with Crippen molar-refractivity contribution in [1.29, 1.82) is 0 Å². The molecule has 0 heterocycles. The maximum absolute atomic E-state index is 13.9. The molecule has 2 N–H and O–H groups in total. The van der Waals surface area contributed by atoms with Crippen LogP contribution in [-0.2, 0) is 5.41 Å². The lowest BCUT2D eigenvalue weighted by molar-refractivity contribution is 0.0561. The van der Waals surface area contributed by atoms with Gasteiger partial charge in [0.2, 0.25) is 0 Å². The van der Waals surface area contributed by atoms with Gasteiger partial charge in [-0.05, 0) is 35.4 Å². The van der Waals surface area contributed by atoms with Gasteiger partial charge in [-0.25, -0.2) is 13.2 Å². The number of phenolic OH excluding ortho intramolecular Hbond substituents is 2. The van der Waals surface area contributed by atoms with Gasteiger partial charge in [-0.15, -0.1) is 0 Å². The zero-order valence-electron chi connectivity index (χ0n) is 11.6. The van der Waals surface area contributed by atoms with Crippen molar-refractivity contribution in [2.75, 3.05) is 6.67 Å². The molecule has 2 nitrogen and oxygen atoms in total. The Bertz CT molecular complexity index is 680. The van der Waals surface area contributed by atoms with E-state index in [-0.39, 0.29) is 31.2 Å². The van der Waals surface area contributed by atoms with Crippen molar-refractivity contribution in [3.8, 4) is 11.5 Å². The summed E-state index contributed by atoms with van der Waals surface area (Å²) < 4.78 is 41.7. The van der Waals surface area contributed by atoms with E-state index in [1.54, 1.807) is 0 Å². The Balaban J connectivity index is 2.82. The summed E-state index contributed by atoms with van der Waals surface area (Å²) in [7, 11) is 0. The average Bonchev–Trinajstić information content (AvgIpc) is 2.51. The average molecular weight is 420 g/mol. The van der Waals surface area contributed by atoms with Crippen LogP contribution in [0.3, 0.4) is 0 Å². The fraction of sp³-hybridized carbons (Fsp3) is 0.200. The van der Waals surface area contributed by atoms with Crippen molar-refractivity contribution in [2.45, 2.75) is 11.8 Å². The molecule has 0 bridgehead atoms. The number of hydrogen-bond donors (Lipinski definition) is 2. The fourth-order valence-electron chi connectivity index (χ4n) is 2.28. The lowest BCUT2D eigenvalue weighted by Gasteiger charge is -2.32. The van der Waals surface area contributed by atoms with Crippen LogP contribution in [0.5, 0.6) is 11.5 Å². The highest BCUT2D eigenvalue weighted by atomic mass is 35.5. The first-order valence-electron chi connectivity index (χ1n) is 6.36. The first-order chi connectivity index (χ1) is 11.1. The van der Waals surface area contributed by atoms with Crippen molar-refractivity contribution in [3.63, 3.8) is 0 Å². The van der Waals surface area contributed by atoms with Crippen molar-refractivity contribution >= 4 is 46.4 Å². The van der Waals surface area contributed by atoms with Gasteiger partial charge in [0, 0.05) is 0 Å². The zero-order valence-corrected chi connectivity index (χ0v) is 14.7. The fourth-order valence-corrected chi connectivity index (χ4v) is 3.25. The van der Waals surface area contributed by atoms with Crippen molar-refractivity contribution in [3.05, 3.63) is 55.5 Å². The molecule has 130 valence electrons. The summed E-state index contributed by atoms with van der Waals surface area (Å²) in [5, 5.41) is 17.9. The Kier molecular flexibility index (Phi) is 5.70. The van der Waals surface area contributed by atoms with Crippen LogP contribution in [0.4, 0.5) is 13.2 Å². The van der Waals surface area contributed by atoms with Crippen molar-refractivity contribution < 1.29 is 23.4 Å². The standard InChI is InChI=1S/C15H9Cl4F3O2/c16-8-1-6(2-9(17)12(8)23)15(5-20,14(21)22)7-3-10(18)13(24)11(19)4-7/h1-4,14,23-24H,5H2. The molecule has 9 heteroatoms. The van der Waals surface area contributed by atoms with Crippen LogP contribution in [-0.4, -0.2) is 23.3 Å². The largest absolute Gasteiger partial charge is 0.505 e. The molecule has 2 rings (SSSR count). The van der Waals surface area contributed by atoms with E-state index in [4.69, 9.17) is 46.4 Å². The van der Waals surface area contributed by atoms with Crippen LogP contribution in [0.2, 0.25) is 20.1 Å². The summed E-state index contributed by atoms with van der Waals surface area (Å²) in [6.45, 7) is -1.53. The lowest BCUT2D eigenvalue weighted by atomic mass is 9.75. The van der Waals surface area contributed by atoms with E-state index in [1.807, 2.05) is 0 Å². The first kappa shape index (κ1) is 19.3. The number of hydrogen-bond acceptors (Lipinski definition) is 2. The van der Waals surface area contributed by atoms with E-state index in [1.165, 1.54) is 0 Å². The predicted molar refractivity (Wildman–Crippen MR) is 89.0 cm³/mol. The molecule has 0 aromatic heterocycles. The third kappa shape index (κ3) is 3.10. The minimum absolute atomic E-state index is 0.273. The van der Waals surface area contributed by atoms with Gasteiger partial charge in [0.25, 0.3) is 6.43 Å². The van der Waals surface area contributed by atoms with Crippen LogP contribution < -0.4 is 0 Å². The number of phenols is 2. The maximum atomic E-state index is 13.9. The second kappa shape index (κ2) is 7.08. The van der Waals surface area contributed by atoms with E-state index in [0.717, 1.165) is 24.3 Å². The molecular weight excluding hydrogens is 411 g/mol. The predicted octanol–water partition coefficient (Wildman–Crippen LogP) is 6.23. The number of rotatable bonds is 4. The van der Waals surface area contributed by atoms with Crippen LogP contribution in [0.15, 0.2) is 24.3 Å². The molecule has 2 aromatic rings. The number of aromatic hydroxyl groups is 2. The van der Waals surface area contributed by atoms with Crippen molar-refractivity contribution in [1.82, 2.24) is 0 Å². The second-order valence-corrected chi connectivity index (χ2v) is 6.61. The van der Waals surface area contributed by atoms with Crippen LogP contribution in [0.25, 0.3) is 0 Å². The minimum Gasteiger partial charge on any atom is -0.505 e. The van der Waals surface area contributed by atoms with E-state index >= 15 is 0 Å². The number of alkyl halides is 3. The third-order valence-corrected chi connectivity index (χ3v) is 4.80. The molecule has 0 atom stereocenters. The molecule has 0 unspecified atom stereocenters. The summed E-state index contributed by atoms with van der Waals surface area (Å²) in [4.78, 5) is 0. The van der Waals surface area contributed by atoms with Crippen LogP contribution >= 0.6 is 46.4 Å². The molecule has 0 amide bonds. The lowest BCUT2D eigenvalue weighted by Crippen LogP contribution is -2.38. The summed E-state index contributed by atoms with van der Waals surface area (Å²) >= 11 is 23.1. The first-order valence-corrected chi connectivity index (χ1v) is 7.87. The summed E-state index contributed by atoms with van der Waals surface area (Å²) in [5.74, 6) is -1.02. The number of benzene rings is 2. The monoisotopic (exact) mass is 418 g/mol. The van der Waals surface area contributed by atoms with Gasteiger partial charge in [0.1, 0.15) is 12.1 Å². The van der Waals surface area contributed by atoms with Gasteiger partial charge in [-0.3, -0.25) is 0 Å². The van der Waals surface area contributed by atoms with Crippen molar-refractivity contribution in [2.24, 2.45) is 0 Å². The normalized spacial score (nSPS) is 12.0. The Morgan fingerprint density at radius 2 is 1.08 bits per heavy atom. The zero-order chi connectivity index (χ0) is 18.2. The highest BCUT2D eigenvalue weighted by Crippen LogP contribution is 2.46. The maximum Gasteiger partial charge on any atom is 0.254 e. The van der Waals surface area contributed by atoms with Crippen LogP contribution in [0.1, 0.15) is 11.1 Å². The summed E-state index contributed by atoms with van der Waals surface area (Å²) in [6.07, 6.45) is -3.23.